The van der Waals surface area contributed by atoms with Crippen LogP contribution in [0.25, 0.3) is 5.95 Å². The summed E-state index contributed by atoms with van der Waals surface area (Å²) in [5, 5.41) is 7.09. The van der Waals surface area contributed by atoms with E-state index in [9.17, 15) is 4.79 Å². The van der Waals surface area contributed by atoms with Gasteiger partial charge in [0.2, 0.25) is 5.91 Å². The average Bonchev–Trinajstić information content (AvgIpc) is 3.41. The fraction of sp³-hybridized carbons (Fsp3) is 0.300. The first kappa shape index (κ1) is 18.0. The van der Waals surface area contributed by atoms with Crippen molar-refractivity contribution in [2.24, 2.45) is 0 Å². The highest BCUT2D eigenvalue weighted by molar-refractivity contribution is 5.92. The van der Waals surface area contributed by atoms with Crippen molar-refractivity contribution in [2.75, 3.05) is 30.4 Å². The number of benzene rings is 1. The van der Waals surface area contributed by atoms with Crippen molar-refractivity contribution < 1.29 is 9.53 Å². The minimum atomic E-state index is -0.144. The number of methoxy groups -OCH3 is 1. The Morgan fingerprint density at radius 1 is 1.14 bits per heavy atom. The molecule has 1 amide bonds. The first-order chi connectivity index (χ1) is 13.7. The maximum atomic E-state index is 12.3. The largest absolute Gasteiger partial charge is 0.496 e. The molecule has 144 valence electrons. The third kappa shape index (κ3) is 3.95. The number of amides is 1. The van der Waals surface area contributed by atoms with Gasteiger partial charge >= 0.3 is 0 Å². The van der Waals surface area contributed by atoms with Crippen LogP contribution in [0.5, 0.6) is 5.75 Å². The first-order valence-corrected chi connectivity index (χ1v) is 9.27. The smallest absolute Gasteiger partial charge is 0.250 e. The minimum Gasteiger partial charge on any atom is -0.496 e. The van der Waals surface area contributed by atoms with Crippen molar-refractivity contribution in [3.63, 3.8) is 0 Å². The molecule has 1 fully saturated rings. The van der Waals surface area contributed by atoms with E-state index < -0.39 is 0 Å². The van der Waals surface area contributed by atoms with Crippen molar-refractivity contribution in [2.45, 2.75) is 19.3 Å². The van der Waals surface area contributed by atoms with Gasteiger partial charge < -0.3 is 15.0 Å². The zero-order valence-corrected chi connectivity index (χ0v) is 15.7. The second-order valence-electron chi connectivity index (χ2n) is 6.65. The summed E-state index contributed by atoms with van der Waals surface area (Å²) in [7, 11) is 1.59. The molecule has 0 aliphatic carbocycles. The van der Waals surface area contributed by atoms with Crippen LogP contribution in [-0.4, -0.2) is 45.9 Å². The van der Waals surface area contributed by atoms with E-state index in [2.05, 4.69) is 25.3 Å². The summed E-state index contributed by atoms with van der Waals surface area (Å²) in [6, 6.07) is 7.47. The van der Waals surface area contributed by atoms with Gasteiger partial charge in [0.1, 0.15) is 5.75 Å². The molecule has 0 bridgehead atoms. The van der Waals surface area contributed by atoms with E-state index in [0.717, 1.165) is 24.3 Å². The standard InChI is InChI=1S/C20H22N6O2/c1-28-18-7-3-2-6-15(18)10-19(27)24-16-11-23-26(14-16)20-21-12-17(13-22-20)25-8-4-5-9-25/h2-3,6-7,11-14H,4-5,8-10H2,1H3,(H,24,27). The van der Waals surface area contributed by atoms with E-state index >= 15 is 0 Å². The highest BCUT2D eigenvalue weighted by Crippen LogP contribution is 2.20. The third-order valence-corrected chi connectivity index (χ3v) is 4.71. The summed E-state index contributed by atoms with van der Waals surface area (Å²) < 4.78 is 6.84. The molecular weight excluding hydrogens is 356 g/mol. The molecule has 0 atom stereocenters. The lowest BCUT2D eigenvalue weighted by Gasteiger charge is -2.16. The number of ether oxygens (including phenoxy) is 1. The Hall–Kier alpha value is -3.42. The molecular formula is C20H22N6O2. The van der Waals surface area contributed by atoms with Gasteiger partial charge in [0.05, 0.1) is 49.7 Å². The van der Waals surface area contributed by atoms with Gasteiger partial charge in [-0.3, -0.25) is 4.79 Å². The lowest BCUT2D eigenvalue weighted by molar-refractivity contribution is -0.115. The number of carbonyl (C=O) groups is 1. The van der Waals surface area contributed by atoms with Crippen LogP contribution in [-0.2, 0) is 11.2 Å². The number of carbonyl (C=O) groups excluding carboxylic acids is 1. The van der Waals surface area contributed by atoms with Crippen LogP contribution < -0.4 is 15.0 Å². The fourth-order valence-electron chi connectivity index (χ4n) is 3.30. The summed E-state index contributed by atoms with van der Waals surface area (Å²) >= 11 is 0. The molecule has 8 nitrogen and oxygen atoms in total. The van der Waals surface area contributed by atoms with Gasteiger partial charge in [-0.2, -0.15) is 5.10 Å². The van der Waals surface area contributed by atoms with E-state index in [0.29, 0.717) is 17.4 Å². The zero-order chi connectivity index (χ0) is 19.3. The topological polar surface area (TPSA) is 85.2 Å². The van der Waals surface area contributed by atoms with Gasteiger partial charge in [-0.05, 0) is 18.9 Å². The zero-order valence-electron chi connectivity index (χ0n) is 15.7. The molecule has 4 rings (SSSR count). The summed E-state index contributed by atoms with van der Waals surface area (Å²) in [5.41, 5.74) is 2.45. The number of para-hydroxylation sites is 1. The molecule has 3 aromatic rings. The van der Waals surface area contributed by atoms with E-state index in [1.165, 1.54) is 12.8 Å². The molecule has 1 aliphatic heterocycles. The second kappa shape index (κ2) is 8.08. The molecule has 0 radical (unpaired) electrons. The normalized spacial score (nSPS) is 13.5. The van der Waals surface area contributed by atoms with Crippen LogP contribution in [0.2, 0.25) is 0 Å². The Morgan fingerprint density at radius 3 is 2.64 bits per heavy atom. The molecule has 0 saturated carbocycles. The minimum absolute atomic E-state index is 0.144. The van der Waals surface area contributed by atoms with Crippen LogP contribution in [0, 0.1) is 0 Å². The van der Waals surface area contributed by atoms with Crippen molar-refractivity contribution >= 4 is 17.3 Å². The van der Waals surface area contributed by atoms with Crippen LogP contribution in [0.4, 0.5) is 11.4 Å². The summed E-state index contributed by atoms with van der Waals surface area (Å²) in [6.45, 7) is 2.10. The number of aromatic nitrogens is 4. The molecule has 1 aliphatic rings. The molecule has 8 heteroatoms. The molecule has 2 aromatic heterocycles. The van der Waals surface area contributed by atoms with Crippen molar-refractivity contribution in [1.29, 1.82) is 0 Å². The van der Waals surface area contributed by atoms with E-state index in [1.54, 1.807) is 24.2 Å². The summed E-state index contributed by atoms with van der Waals surface area (Å²) in [4.78, 5) is 23.4. The number of nitrogens with zero attached hydrogens (tertiary/aromatic N) is 5. The molecule has 0 spiro atoms. The summed E-state index contributed by atoms with van der Waals surface area (Å²) in [6.07, 6.45) is 9.54. The quantitative estimate of drug-likeness (QED) is 0.709. The average molecular weight is 378 g/mol. The van der Waals surface area contributed by atoms with E-state index in [-0.39, 0.29) is 12.3 Å². The van der Waals surface area contributed by atoms with E-state index in [4.69, 9.17) is 4.74 Å². The molecule has 3 heterocycles. The molecule has 0 unspecified atom stereocenters. The Morgan fingerprint density at radius 2 is 1.89 bits per heavy atom. The number of rotatable bonds is 6. The van der Waals surface area contributed by atoms with Crippen LogP contribution >= 0.6 is 0 Å². The molecule has 28 heavy (non-hydrogen) atoms. The van der Waals surface area contributed by atoms with Gasteiger partial charge in [0.25, 0.3) is 5.95 Å². The first-order valence-electron chi connectivity index (χ1n) is 9.27. The van der Waals surface area contributed by atoms with Gasteiger partial charge in [-0.15, -0.1) is 0 Å². The Bertz CT molecular complexity index is 947. The van der Waals surface area contributed by atoms with Gasteiger partial charge in [0, 0.05) is 18.7 Å². The summed E-state index contributed by atoms with van der Waals surface area (Å²) in [5.74, 6) is 1.02. The third-order valence-electron chi connectivity index (χ3n) is 4.71. The molecule has 1 aromatic carbocycles. The second-order valence-corrected chi connectivity index (χ2v) is 6.65. The highest BCUT2D eigenvalue weighted by atomic mass is 16.5. The number of nitrogens with one attached hydrogen (secondary N) is 1. The lowest BCUT2D eigenvalue weighted by Crippen LogP contribution is -2.18. The maximum absolute atomic E-state index is 12.3. The SMILES string of the molecule is COc1ccccc1CC(=O)Nc1cnn(-c2ncc(N3CCCC3)cn2)c1. The molecule has 1 N–H and O–H groups in total. The van der Waals surface area contributed by atoms with Crippen LogP contribution in [0.15, 0.2) is 49.1 Å². The van der Waals surface area contributed by atoms with Crippen molar-refractivity contribution in [3.05, 3.63) is 54.6 Å². The van der Waals surface area contributed by atoms with Gasteiger partial charge in [0.15, 0.2) is 0 Å². The van der Waals surface area contributed by atoms with Crippen LogP contribution in [0.1, 0.15) is 18.4 Å². The Labute approximate surface area is 163 Å². The number of anilines is 2. The number of hydrogen-bond donors (Lipinski definition) is 1. The van der Waals surface area contributed by atoms with Crippen molar-refractivity contribution in [1.82, 2.24) is 19.7 Å². The van der Waals surface area contributed by atoms with Gasteiger partial charge in [-0.25, -0.2) is 14.6 Å². The maximum Gasteiger partial charge on any atom is 0.250 e. The predicted molar refractivity (Wildman–Crippen MR) is 106 cm³/mol. The fourth-order valence-corrected chi connectivity index (χ4v) is 3.30. The predicted octanol–water partition coefficient (Wildman–Crippen LogP) is 2.45. The Balaban J connectivity index is 1.40. The lowest BCUT2D eigenvalue weighted by atomic mass is 10.1. The van der Waals surface area contributed by atoms with Gasteiger partial charge in [-0.1, -0.05) is 18.2 Å². The number of hydrogen-bond acceptors (Lipinski definition) is 6. The monoisotopic (exact) mass is 378 g/mol. The van der Waals surface area contributed by atoms with E-state index in [1.807, 2.05) is 36.7 Å². The Kier molecular flexibility index (Phi) is 5.18. The van der Waals surface area contributed by atoms with Crippen LogP contribution in [0.3, 0.4) is 0 Å². The van der Waals surface area contributed by atoms with Crippen molar-refractivity contribution in [3.8, 4) is 11.7 Å². The highest BCUT2D eigenvalue weighted by Gasteiger charge is 2.14. The molecule has 1 saturated heterocycles.